The van der Waals surface area contributed by atoms with Gasteiger partial charge in [-0.25, -0.2) is 0 Å². The topological polar surface area (TPSA) is 46.9 Å². The predicted molar refractivity (Wildman–Crippen MR) is 85.8 cm³/mol. The molecule has 1 aromatic heterocycles. The molecule has 0 radical (unpaired) electrons. The molecule has 0 spiro atoms. The van der Waals surface area contributed by atoms with Gasteiger partial charge in [-0.15, -0.1) is 0 Å². The van der Waals surface area contributed by atoms with Crippen molar-refractivity contribution in [1.29, 1.82) is 0 Å². The van der Waals surface area contributed by atoms with E-state index in [0.29, 0.717) is 5.56 Å². The van der Waals surface area contributed by atoms with E-state index in [1.54, 1.807) is 6.20 Å². The number of hydrogen-bond donors (Lipinski definition) is 1. The molecule has 4 heteroatoms. The van der Waals surface area contributed by atoms with Gasteiger partial charge in [0.1, 0.15) is 0 Å². The lowest BCUT2D eigenvalue weighted by Crippen LogP contribution is -2.25. The minimum atomic E-state index is -0.136. The van der Waals surface area contributed by atoms with Crippen LogP contribution >= 0.6 is 0 Å². The third-order valence-electron chi connectivity index (χ3n) is 3.37. The second-order valence-corrected chi connectivity index (χ2v) is 6.56. The van der Waals surface area contributed by atoms with Crippen LogP contribution in [-0.2, 0) is 5.54 Å². The van der Waals surface area contributed by atoms with Gasteiger partial charge in [-0.2, -0.15) is 5.10 Å². The number of aromatic nitrogens is 2. The van der Waals surface area contributed by atoms with Crippen LogP contribution in [0.3, 0.4) is 0 Å². The number of amides is 1. The van der Waals surface area contributed by atoms with Crippen molar-refractivity contribution in [2.45, 2.75) is 47.1 Å². The Morgan fingerprint density at radius 2 is 1.67 bits per heavy atom. The molecule has 0 aliphatic rings. The van der Waals surface area contributed by atoms with Crippen molar-refractivity contribution in [2.75, 3.05) is 5.32 Å². The number of carbonyl (C=O) groups is 1. The van der Waals surface area contributed by atoms with Crippen LogP contribution in [0.4, 0.5) is 5.69 Å². The molecule has 0 bridgehead atoms. The summed E-state index contributed by atoms with van der Waals surface area (Å²) in [5.74, 6) is -0.118. The second kappa shape index (κ2) is 5.35. The van der Waals surface area contributed by atoms with Crippen molar-refractivity contribution in [2.24, 2.45) is 0 Å². The highest BCUT2D eigenvalue weighted by atomic mass is 16.1. The van der Waals surface area contributed by atoms with Gasteiger partial charge in [-0.05, 0) is 64.8 Å². The lowest BCUT2D eigenvalue weighted by atomic mass is 10.1. The maximum atomic E-state index is 12.4. The van der Waals surface area contributed by atoms with Crippen LogP contribution in [0, 0.1) is 20.8 Å². The zero-order valence-corrected chi connectivity index (χ0v) is 13.6. The van der Waals surface area contributed by atoms with Crippen molar-refractivity contribution < 1.29 is 4.79 Å². The molecule has 2 aromatic rings. The summed E-state index contributed by atoms with van der Waals surface area (Å²) in [5.41, 5.74) is 4.44. The van der Waals surface area contributed by atoms with E-state index < -0.39 is 0 Å². The Morgan fingerprint density at radius 3 is 2.14 bits per heavy atom. The van der Waals surface area contributed by atoms with Crippen LogP contribution in [-0.4, -0.2) is 15.7 Å². The van der Waals surface area contributed by atoms with Crippen LogP contribution in [0.2, 0.25) is 0 Å². The maximum absolute atomic E-state index is 12.4. The summed E-state index contributed by atoms with van der Waals surface area (Å²) in [6, 6.07) is 6.02. The van der Waals surface area contributed by atoms with E-state index in [4.69, 9.17) is 0 Å². The first-order valence-electron chi connectivity index (χ1n) is 7.13. The Kier molecular flexibility index (Phi) is 3.90. The maximum Gasteiger partial charge on any atom is 0.259 e. The molecule has 1 N–H and O–H groups in total. The smallest absolute Gasteiger partial charge is 0.259 e. The van der Waals surface area contributed by atoms with Gasteiger partial charge in [0.15, 0.2) is 0 Å². The fourth-order valence-corrected chi connectivity index (χ4v) is 2.55. The molecule has 1 amide bonds. The summed E-state index contributed by atoms with van der Waals surface area (Å²) in [6.45, 7) is 12.2. The molecule has 0 saturated carbocycles. The van der Waals surface area contributed by atoms with Gasteiger partial charge in [0, 0.05) is 11.4 Å². The van der Waals surface area contributed by atoms with Crippen molar-refractivity contribution in [3.8, 4) is 0 Å². The number of carbonyl (C=O) groups excluding carboxylic acids is 1. The van der Waals surface area contributed by atoms with Crippen LogP contribution in [0.5, 0.6) is 0 Å². The van der Waals surface area contributed by atoms with E-state index in [0.717, 1.165) is 22.5 Å². The molecule has 0 atom stereocenters. The van der Waals surface area contributed by atoms with Crippen molar-refractivity contribution in [3.05, 3.63) is 46.8 Å². The van der Waals surface area contributed by atoms with E-state index in [-0.39, 0.29) is 11.4 Å². The summed E-state index contributed by atoms with van der Waals surface area (Å²) in [4.78, 5) is 12.4. The minimum absolute atomic E-state index is 0.118. The molecule has 112 valence electrons. The molecular weight excluding hydrogens is 262 g/mol. The van der Waals surface area contributed by atoms with Crippen LogP contribution in [0.25, 0.3) is 0 Å². The highest BCUT2D eigenvalue weighted by Gasteiger charge is 2.21. The molecule has 1 heterocycles. The van der Waals surface area contributed by atoms with E-state index in [2.05, 4.69) is 37.3 Å². The van der Waals surface area contributed by atoms with E-state index in [9.17, 15) is 4.79 Å². The highest BCUT2D eigenvalue weighted by molar-refractivity contribution is 6.05. The monoisotopic (exact) mass is 285 g/mol. The average Bonchev–Trinajstić information content (AvgIpc) is 2.69. The average molecular weight is 285 g/mol. The molecule has 0 aliphatic heterocycles. The number of rotatable bonds is 2. The van der Waals surface area contributed by atoms with Crippen LogP contribution < -0.4 is 5.32 Å². The van der Waals surface area contributed by atoms with E-state index in [1.165, 1.54) is 0 Å². The zero-order chi connectivity index (χ0) is 15.8. The van der Waals surface area contributed by atoms with Gasteiger partial charge in [0.05, 0.1) is 17.3 Å². The SMILES string of the molecule is Cc1cc(C)cc(NC(=O)c2cnn(C(C)(C)C)c2C)c1. The summed E-state index contributed by atoms with van der Waals surface area (Å²) in [7, 11) is 0. The molecule has 4 nitrogen and oxygen atoms in total. The number of nitrogens with zero attached hydrogens (tertiary/aromatic N) is 2. The Hall–Kier alpha value is -2.10. The first kappa shape index (κ1) is 15.3. The molecule has 0 unspecified atom stereocenters. The second-order valence-electron chi connectivity index (χ2n) is 6.56. The summed E-state index contributed by atoms with van der Waals surface area (Å²) >= 11 is 0. The van der Waals surface area contributed by atoms with E-state index in [1.807, 2.05) is 37.6 Å². The standard InChI is InChI=1S/C17H23N3O/c1-11-7-12(2)9-14(8-11)19-16(21)15-10-18-20(13(15)3)17(4,5)6/h7-10H,1-6H3,(H,19,21). The molecule has 0 saturated heterocycles. The largest absolute Gasteiger partial charge is 0.322 e. The van der Waals surface area contributed by atoms with Crippen molar-refractivity contribution >= 4 is 11.6 Å². The summed E-state index contributed by atoms with van der Waals surface area (Å²) in [6.07, 6.45) is 1.64. The number of aryl methyl sites for hydroxylation is 2. The Balaban J connectivity index is 2.27. The summed E-state index contributed by atoms with van der Waals surface area (Å²) in [5, 5.41) is 7.29. The van der Waals surface area contributed by atoms with Gasteiger partial charge in [-0.1, -0.05) is 6.07 Å². The third-order valence-corrected chi connectivity index (χ3v) is 3.37. The van der Waals surface area contributed by atoms with Crippen molar-refractivity contribution in [3.63, 3.8) is 0 Å². The number of benzene rings is 1. The molecule has 21 heavy (non-hydrogen) atoms. The van der Waals surface area contributed by atoms with Gasteiger partial charge in [0.2, 0.25) is 0 Å². The van der Waals surface area contributed by atoms with Gasteiger partial charge in [-0.3, -0.25) is 9.48 Å². The fourth-order valence-electron chi connectivity index (χ4n) is 2.55. The van der Waals surface area contributed by atoms with Gasteiger partial charge < -0.3 is 5.32 Å². The zero-order valence-electron chi connectivity index (χ0n) is 13.6. The van der Waals surface area contributed by atoms with E-state index >= 15 is 0 Å². The first-order chi connectivity index (χ1) is 9.68. The van der Waals surface area contributed by atoms with Crippen LogP contribution in [0.15, 0.2) is 24.4 Å². The Bertz CT molecular complexity index is 658. The summed E-state index contributed by atoms with van der Waals surface area (Å²) < 4.78 is 1.88. The molecule has 2 rings (SSSR count). The lowest BCUT2D eigenvalue weighted by molar-refractivity contribution is 0.102. The highest BCUT2D eigenvalue weighted by Crippen LogP contribution is 2.20. The normalized spacial score (nSPS) is 11.5. The first-order valence-corrected chi connectivity index (χ1v) is 7.13. The quantitative estimate of drug-likeness (QED) is 0.912. The molecule has 0 fully saturated rings. The van der Waals surface area contributed by atoms with Gasteiger partial charge in [0.25, 0.3) is 5.91 Å². The number of nitrogens with one attached hydrogen (secondary N) is 1. The minimum Gasteiger partial charge on any atom is -0.322 e. The predicted octanol–water partition coefficient (Wildman–Crippen LogP) is 3.82. The molecule has 0 aliphatic carbocycles. The number of hydrogen-bond acceptors (Lipinski definition) is 2. The third kappa shape index (κ3) is 3.32. The molecule has 1 aromatic carbocycles. The van der Waals surface area contributed by atoms with Crippen molar-refractivity contribution in [1.82, 2.24) is 9.78 Å². The Labute approximate surface area is 126 Å². The molecular formula is C17H23N3O. The van der Waals surface area contributed by atoms with Crippen LogP contribution in [0.1, 0.15) is 48.0 Å². The van der Waals surface area contributed by atoms with Gasteiger partial charge >= 0.3 is 0 Å². The Morgan fingerprint density at radius 1 is 1.10 bits per heavy atom. The lowest BCUT2D eigenvalue weighted by Gasteiger charge is -2.21. The number of anilines is 1. The fraction of sp³-hybridized carbons (Fsp3) is 0.412.